The monoisotopic (exact) mass is 474 g/mol. The fourth-order valence-electron chi connectivity index (χ4n) is 4.10. The lowest BCUT2D eigenvalue weighted by atomic mass is 9.90. The van der Waals surface area contributed by atoms with Gasteiger partial charge in [0.05, 0.1) is 27.4 Å². The summed E-state index contributed by atoms with van der Waals surface area (Å²) in [6.07, 6.45) is -1.26. The fraction of sp³-hybridized carbons (Fsp3) is 0.462. The van der Waals surface area contributed by atoms with Crippen molar-refractivity contribution in [3.8, 4) is 17.2 Å². The SMILES string of the molecule is CCOC(=O)C(C(=O)OCC)C(O)c1cc(Cc2c(C)c(OC)c(C)c(C)c2OC)ccc1O. The number of aliphatic hydroxyl groups is 1. The van der Waals surface area contributed by atoms with Crippen molar-refractivity contribution >= 4 is 11.9 Å². The average molecular weight is 475 g/mol. The first-order valence-electron chi connectivity index (χ1n) is 11.2. The van der Waals surface area contributed by atoms with E-state index in [1.54, 1.807) is 40.2 Å². The third kappa shape index (κ3) is 5.44. The van der Waals surface area contributed by atoms with Crippen LogP contribution in [0.5, 0.6) is 17.2 Å². The van der Waals surface area contributed by atoms with E-state index < -0.39 is 24.0 Å². The number of carbonyl (C=O) groups is 2. The zero-order valence-electron chi connectivity index (χ0n) is 20.9. The third-order valence-corrected chi connectivity index (χ3v) is 5.91. The van der Waals surface area contributed by atoms with Gasteiger partial charge in [0.15, 0.2) is 5.92 Å². The van der Waals surface area contributed by atoms with Crippen LogP contribution in [0.2, 0.25) is 0 Å². The maximum Gasteiger partial charge on any atom is 0.323 e. The van der Waals surface area contributed by atoms with E-state index in [2.05, 4.69) is 0 Å². The predicted octanol–water partition coefficient (Wildman–Crippen LogP) is 3.70. The zero-order valence-corrected chi connectivity index (χ0v) is 20.9. The van der Waals surface area contributed by atoms with Gasteiger partial charge in [0.2, 0.25) is 0 Å². The van der Waals surface area contributed by atoms with Gasteiger partial charge in [0, 0.05) is 17.5 Å². The Balaban J connectivity index is 2.54. The minimum absolute atomic E-state index is 0.0241. The Kier molecular flexibility index (Phi) is 9.32. The second-order valence-corrected chi connectivity index (χ2v) is 7.92. The summed E-state index contributed by atoms with van der Waals surface area (Å²) in [6.45, 7) is 9.11. The summed E-state index contributed by atoms with van der Waals surface area (Å²) in [5.41, 5.74) is 4.48. The number of aromatic hydroxyl groups is 1. The molecule has 0 radical (unpaired) electrons. The van der Waals surface area contributed by atoms with Crippen LogP contribution in [0.25, 0.3) is 0 Å². The van der Waals surface area contributed by atoms with E-state index in [0.29, 0.717) is 6.42 Å². The molecule has 186 valence electrons. The molecule has 0 saturated carbocycles. The quantitative estimate of drug-likeness (QED) is 0.396. The van der Waals surface area contributed by atoms with Crippen molar-refractivity contribution in [2.45, 2.75) is 47.1 Å². The van der Waals surface area contributed by atoms with E-state index in [1.165, 1.54) is 6.07 Å². The number of ether oxygens (including phenoxy) is 4. The summed E-state index contributed by atoms with van der Waals surface area (Å²) in [6, 6.07) is 4.68. The van der Waals surface area contributed by atoms with Gasteiger partial charge in [-0.25, -0.2) is 0 Å². The molecule has 8 heteroatoms. The molecule has 0 spiro atoms. The van der Waals surface area contributed by atoms with Crippen molar-refractivity contribution in [1.29, 1.82) is 0 Å². The first-order chi connectivity index (χ1) is 16.1. The largest absolute Gasteiger partial charge is 0.508 e. The zero-order chi connectivity index (χ0) is 25.6. The fourth-order valence-corrected chi connectivity index (χ4v) is 4.10. The van der Waals surface area contributed by atoms with Gasteiger partial charge in [0.25, 0.3) is 0 Å². The van der Waals surface area contributed by atoms with Crippen LogP contribution >= 0.6 is 0 Å². The van der Waals surface area contributed by atoms with Crippen LogP contribution in [0, 0.1) is 26.7 Å². The number of hydrogen-bond donors (Lipinski definition) is 2. The number of carbonyl (C=O) groups excluding carboxylic acids is 2. The Hall–Kier alpha value is -3.26. The Labute approximate surface area is 200 Å². The summed E-state index contributed by atoms with van der Waals surface area (Å²) in [5, 5.41) is 21.4. The normalized spacial score (nSPS) is 11.8. The van der Waals surface area contributed by atoms with Gasteiger partial charge >= 0.3 is 11.9 Å². The summed E-state index contributed by atoms with van der Waals surface area (Å²) in [4.78, 5) is 24.9. The number of methoxy groups -OCH3 is 2. The Bertz CT molecular complexity index is 1030. The van der Waals surface area contributed by atoms with E-state index in [9.17, 15) is 19.8 Å². The molecule has 0 heterocycles. The molecule has 0 aliphatic carbocycles. The summed E-state index contributed by atoms with van der Waals surface area (Å²) >= 11 is 0. The number of rotatable bonds is 10. The number of esters is 2. The summed E-state index contributed by atoms with van der Waals surface area (Å²) < 4.78 is 21.2. The lowest BCUT2D eigenvalue weighted by Gasteiger charge is -2.22. The molecule has 1 atom stereocenters. The molecule has 2 aromatic carbocycles. The first kappa shape index (κ1) is 27.0. The molecule has 0 fully saturated rings. The van der Waals surface area contributed by atoms with Crippen LogP contribution in [-0.4, -0.2) is 49.6 Å². The second-order valence-electron chi connectivity index (χ2n) is 7.92. The Morgan fingerprint density at radius 1 is 0.882 bits per heavy atom. The van der Waals surface area contributed by atoms with Crippen molar-refractivity contribution in [3.05, 3.63) is 51.6 Å². The van der Waals surface area contributed by atoms with E-state index in [4.69, 9.17) is 18.9 Å². The summed E-state index contributed by atoms with van der Waals surface area (Å²) in [5.74, 6) is -2.24. The van der Waals surface area contributed by atoms with Gasteiger partial charge in [-0.2, -0.15) is 0 Å². The van der Waals surface area contributed by atoms with Crippen molar-refractivity contribution in [3.63, 3.8) is 0 Å². The topological polar surface area (TPSA) is 112 Å². The van der Waals surface area contributed by atoms with Crippen molar-refractivity contribution in [1.82, 2.24) is 0 Å². The molecule has 0 aliphatic rings. The Morgan fingerprint density at radius 3 is 1.91 bits per heavy atom. The standard InChI is InChI=1S/C26H34O8/c1-8-33-25(29)21(26(30)34-9-2)22(28)19-13-17(10-11-20(19)27)12-18-16(5)23(31-6)14(3)15(4)24(18)32-7/h10-11,13,21-22,27-28H,8-9,12H2,1-7H3. The van der Waals surface area contributed by atoms with Crippen LogP contribution in [0.3, 0.4) is 0 Å². The molecular weight excluding hydrogens is 440 g/mol. The van der Waals surface area contributed by atoms with Crippen molar-refractivity contribution in [2.75, 3.05) is 27.4 Å². The molecule has 1 unspecified atom stereocenters. The molecule has 2 rings (SSSR count). The maximum absolute atomic E-state index is 12.4. The van der Waals surface area contributed by atoms with Gasteiger partial charge in [0.1, 0.15) is 23.4 Å². The number of hydrogen-bond acceptors (Lipinski definition) is 8. The van der Waals surface area contributed by atoms with Crippen LogP contribution in [0.4, 0.5) is 0 Å². The lowest BCUT2D eigenvalue weighted by molar-refractivity contribution is -0.167. The molecule has 0 amide bonds. The number of phenols is 1. The number of aliphatic hydroxyl groups excluding tert-OH is 1. The average Bonchev–Trinajstić information content (AvgIpc) is 2.79. The highest BCUT2D eigenvalue weighted by molar-refractivity contribution is 5.96. The molecule has 0 bridgehead atoms. The van der Waals surface area contributed by atoms with Gasteiger partial charge < -0.3 is 29.2 Å². The lowest BCUT2D eigenvalue weighted by Crippen LogP contribution is -2.33. The molecular formula is C26H34O8. The van der Waals surface area contributed by atoms with E-state index in [-0.39, 0.29) is 24.5 Å². The van der Waals surface area contributed by atoms with Crippen LogP contribution in [-0.2, 0) is 25.5 Å². The van der Waals surface area contributed by atoms with Crippen molar-refractivity contribution in [2.24, 2.45) is 5.92 Å². The number of phenolic OH excluding ortho intramolecular Hbond substituents is 1. The summed E-state index contributed by atoms with van der Waals surface area (Å²) in [7, 11) is 3.22. The molecule has 0 aromatic heterocycles. The smallest absolute Gasteiger partial charge is 0.323 e. The highest BCUT2D eigenvalue weighted by atomic mass is 16.6. The minimum atomic E-state index is -1.66. The first-order valence-corrected chi connectivity index (χ1v) is 11.2. The van der Waals surface area contributed by atoms with Gasteiger partial charge in [-0.05, 0) is 69.0 Å². The van der Waals surface area contributed by atoms with E-state index in [0.717, 1.165) is 39.3 Å². The molecule has 2 aromatic rings. The molecule has 34 heavy (non-hydrogen) atoms. The highest BCUT2D eigenvalue weighted by Gasteiger charge is 2.38. The minimum Gasteiger partial charge on any atom is -0.508 e. The molecule has 0 saturated heterocycles. The van der Waals surface area contributed by atoms with Gasteiger partial charge in [-0.3, -0.25) is 9.59 Å². The second kappa shape index (κ2) is 11.7. The predicted molar refractivity (Wildman–Crippen MR) is 126 cm³/mol. The van der Waals surface area contributed by atoms with Crippen molar-refractivity contribution < 1.29 is 38.7 Å². The number of benzene rings is 2. The molecule has 2 N–H and O–H groups in total. The van der Waals surface area contributed by atoms with Gasteiger partial charge in [-0.1, -0.05) is 6.07 Å². The van der Waals surface area contributed by atoms with Gasteiger partial charge in [-0.15, -0.1) is 0 Å². The van der Waals surface area contributed by atoms with E-state index in [1.807, 2.05) is 20.8 Å². The Morgan fingerprint density at radius 2 is 1.41 bits per heavy atom. The van der Waals surface area contributed by atoms with E-state index >= 15 is 0 Å². The van der Waals surface area contributed by atoms with Crippen LogP contribution in [0.15, 0.2) is 18.2 Å². The molecule has 0 aliphatic heterocycles. The maximum atomic E-state index is 12.4. The van der Waals surface area contributed by atoms with Crippen LogP contribution < -0.4 is 9.47 Å². The third-order valence-electron chi connectivity index (χ3n) is 5.91. The molecule has 8 nitrogen and oxygen atoms in total. The highest BCUT2D eigenvalue weighted by Crippen LogP contribution is 2.39. The van der Waals surface area contributed by atoms with Crippen LogP contribution in [0.1, 0.15) is 53.3 Å².